The highest BCUT2D eigenvalue weighted by atomic mass is 32.2. The second-order valence-corrected chi connectivity index (χ2v) is 7.38. The first kappa shape index (κ1) is 16.7. The number of nitrogens with zero attached hydrogens (tertiary/aromatic N) is 1. The largest absolute Gasteiger partial charge is 0.272 e. The fraction of sp³-hybridized carbons (Fsp3) is 0.412. The van der Waals surface area contributed by atoms with Crippen LogP contribution in [0.25, 0.3) is 0 Å². The molecule has 0 saturated carbocycles. The zero-order chi connectivity index (χ0) is 16.2. The number of hydrogen-bond acceptors (Lipinski definition) is 3. The molecule has 1 aromatic carbocycles. The molecule has 118 valence electrons. The average Bonchev–Trinajstić information content (AvgIpc) is 2.42. The van der Waals surface area contributed by atoms with Crippen LogP contribution in [-0.2, 0) is 4.79 Å². The third kappa shape index (κ3) is 4.98. The van der Waals surface area contributed by atoms with Gasteiger partial charge in [0.05, 0.1) is 11.5 Å². The number of hydrogen-bond donors (Lipinski definition) is 1. The molecule has 0 aromatic heterocycles. The number of allylic oxidation sites excluding steroid dienone is 2. The number of carbonyl (C=O) groups is 1. The molecule has 1 aromatic rings. The highest BCUT2D eigenvalue weighted by Gasteiger charge is 2.24. The van der Waals surface area contributed by atoms with Crippen LogP contribution in [0, 0.1) is 11.2 Å². The number of carbonyl (C=O) groups excluding carboxylic acids is 1. The molecule has 0 heterocycles. The molecule has 0 aliphatic heterocycles. The van der Waals surface area contributed by atoms with Crippen molar-refractivity contribution < 1.29 is 9.18 Å². The summed E-state index contributed by atoms with van der Waals surface area (Å²) in [6.07, 6.45) is 3.91. The Morgan fingerprint density at radius 2 is 2.09 bits per heavy atom. The van der Waals surface area contributed by atoms with Gasteiger partial charge in [-0.15, -0.1) is 11.8 Å². The zero-order valence-corrected chi connectivity index (χ0v) is 14.0. The van der Waals surface area contributed by atoms with E-state index in [1.165, 1.54) is 23.4 Å². The van der Waals surface area contributed by atoms with Gasteiger partial charge in [0.2, 0.25) is 5.91 Å². The van der Waals surface area contributed by atoms with Crippen molar-refractivity contribution in [2.75, 3.05) is 5.75 Å². The first-order valence-corrected chi connectivity index (χ1v) is 8.24. The number of halogens is 1. The number of benzene rings is 1. The normalized spacial score (nSPS) is 18.9. The van der Waals surface area contributed by atoms with E-state index in [-0.39, 0.29) is 22.9 Å². The maximum atomic E-state index is 13.5. The summed E-state index contributed by atoms with van der Waals surface area (Å²) in [7, 11) is 0. The third-order valence-corrected chi connectivity index (χ3v) is 4.40. The molecule has 0 radical (unpaired) electrons. The first-order valence-electron chi connectivity index (χ1n) is 7.26. The van der Waals surface area contributed by atoms with Gasteiger partial charge in [-0.05, 0) is 43.4 Å². The van der Waals surface area contributed by atoms with Gasteiger partial charge in [0, 0.05) is 4.90 Å². The lowest BCUT2D eigenvalue weighted by Gasteiger charge is -2.29. The van der Waals surface area contributed by atoms with E-state index < -0.39 is 0 Å². The molecule has 1 N–H and O–H groups in total. The maximum Gasteiger partial charge on any atom is 0.250 e. The van der Waals surface area contributed by atoms with E-state index in [4.69, 9.17) is 0 Å². The molecule has 0 spiro atoms. The lowest BCUT2D eigenvalue weighted by Crippen LogP contribution is -2.26. The molecule has 1 aliphatic carbocycles. The Hall–Kier alpha value is -1.62. The molecule has 22 heavy (non-hydrogen) atoms. The summed E-state index contributed by atoms with van der Waals surface area (Å²) in [6, 6.07) is 6.43. The van der Waals surface area contributed by atoms with Crippen molar-refractivity contribution in [3.63, 3.8) is 0 Å². The Kier molecular flexibility index (Phi) is 5.40. The van der Waals surface area contributed by atoms with Crippen LogP contribution in [0.15, 0.2) is 45.9 Å². The predicted molar refractivity (Wildman–Crippen MR) is 89.5 cm³/mol. The van der Waals surface area contributed by atoms with E-state index in [0.29, 0.717) is 4.90 Å². The highest BCUT2D eigenvalue weighted by molar-refractivity contribution is 8.00. The van der Waals surface area contributed by atoms with Gasteiger partial charge < -0.3 is 0 Å². The maximum absolute atomic E-state index is 13.5. The molecule has 1 aliphatic rings. The van der Waals surface area contributed by atoms with Crippen LogP contribution >= 0.6 is 11.8 Å². The number of thioether (sulfide) groups is 1. The molecule has 5 heteroatoms. The number of hydrazone groups is 1. The summed E-state index contributed by atoms with van der Waals surface area (Å²) in [6.45, 7) is 6.45. The van der Waals surface area contributed by atoms with Crippen molar-refractivity contribution in [3.8, 4) is 0 Å². The zero-order valence-electron chi connectivity index (χ0n) is 13.1. The smallest absolute Gasteiger partial charge is 0.250 e. The molecule has 2 rings (SSSR count). The van der Waals surface area contributed by atoms with Crippen molar-refractivity contribution in [1.82, 2.24) is 5.43 Å². The van der Waals surface area contributed by atoms with Crippen LogP contribution in [0.4, 0.5) is 4.39 Å². The second kappa shape index (κ2) is 7.09. The summed E-state index contributed by atoms with van der Waals surface area (Å²) in [4.78, 5) is 12.3. The second-order valence-electron chi connectivity index (χ2n) is 6.37. The van der Waals surface area contributed by atoms with E-state index in [1.807, 2.05) is 6.08 Å². The summed E-state index contributed by atoms with van der Waals surface area (Å²) in [5.41, 5.74) is 4.89. The standard InChI is InChI=1S/C17H21FN2OS/c1-12-8-13(10-17(2,3)9-12)19-20-16(21)11-22-15-7-5-4-6-14(15)18/h4-8H,9-11H2,1-3H3,(H,20,21)/b19-13-. The predicted octanol–water partition coefficient (Wildman–Crippen LogP) is 4.16. The molecule has 0 bridgehead atoms. The Morgan fingerprint density at radius 1 is 1.36 bits per heavy atom. The van der Waals surface area contributed by atoms with Crippen molar-refractivity contribution in [2.24, 2.45) is 10.5 Å². The van der Waals surface area contributed by atoms with Gasteiger partial charge in [-0.3, -0.25) is 4.79 Å². The minimum Gasteiger partial charge on any atom is -0.272 e. The van der Waals surface area contributed by atoms with Crippen LogP contribution in [0.2, 0.25) is 0 Å². The fourth-order valence-corrected chi connectivity index (χ4v) is 3.37. The first-order chi connectivity index (χ1) is 10.4. The van der Waals surface area contributed by atoms with Crippen LogP contribution < -0.4 is 5.43 Å². The SMILES string of the molecule is CC1=C/C(=N/NC(=O)CSc2ccccc2F)CC(C)(C)C1. The van der Waals surface area contributed by atoms with E-state index in [2.05, 4.69) is 31.3 Å². The molecule has 1 amide bonds. The minimum atomic E-state index is -0.306. The molecule has 0 fully saturated rings. The van der Waals surface area contributed by atoms with Crippen LogP contribution in [0.1, 0.15) is 33.6 Å². The number of nitrogens with one attached hydrogen (secondary N) is 1. The van der Waals surface area contributed by atoms with Crippen LogP contribution in [0.5, 0.6) is 0 Å². The van der Waals surface area contributed by atoms with E-state index in [1.54, 1.807) is 18.2 Å². The van der Waals surface area contributed by atoms with E-state index in [0.717, 1.165) is 18.6 Å². The van der Waals surface area contributed by atoms with E-state index in [9.17, 15) is 9.18 Å². The van der Waals surface area contributed by atoms with Gasteiger partial charge in [-0.25, -0.2) is 9.82 Å². The molecule has 3 nitrogen and oxygen atoms in total. The van der Waals surface area contributed by atoms with Gasteiger partial charge >= 0.3 is 0 Å². The summed E-state index contributed by atoms with van der Waals surface area (Å²) < 4.78 is 13.5. The summed E-state index contributed by atoms with van der Waals surface area (Å²) >= 11 is 1.17. The van der Waals surface area contributed by atoms with Crippen molar-refractivity contribution in [1.29, 1.82) is 0 Å². The Balaban J connectivity index is 1.89. The van der Waals surface area contributed by atoms with E-state index >= 15 is 0 Å². The lowest BCUT2D eigenvalue weighted by atomic mass is 9.77. The lowest BCUT2D eigenvalue weighted by molar-refractivity contribution is -0.118. The number of amides is 1. The Bertz CT molecular complexity index is 623. The summed E-state index contributed by atoms with van der Waals surface area (Å²) in [5, 5.41) is 4.20. The minimum absolute atomic E-state index is 0.143. The highest BCUT2D eigenvalue weighted by Crippen LogP contribution is 2.33. The Morgan fingerprint density at radius 3 is 2.77 bits per heavy atom. The van der Waals surface area contributed by atoms with Gasteiger partial charge in [0.15, 0.2) is 0 Å². The molecular formula is C17H21FN2OS. The van der Waals surface area contributed by atoms with Gasteiger partial charge in [-0.2, -0.15) is 5.10 Å². The quantitative estimate of drug-likeness (QED) is 0.668. The molecule has 0 unspecified atom stereocenters. The van der Waals surface area contributed by atoms with Crippen molar-refractivity contribution >= 4 is 23.4 Å². The van der Waals surface area contributed by atoms with Crippen molar-refractivity contribution in [2.45, 2.75) is 38.5 Å². The van der Waals surface area contributed by atoms with Gasteiger partial charge in [-0.1, -0.05) is 31.6 Å². The van der Waals surface area contributed by atoms with Crippen LogP contribution in [-0.4, -0.2) is 17.4 Å². The Labute approximate surface area is 135 Å². The monoisotopic (exact) mass is 320 g/mol. The fourth-order valence-electron chi connectivity index (χ4n) is 2.64. The number of rotatable bonds is 4. The van der Waals surface area contributed by atoms with Crippen molar-refractivity contribution in [3.05, 3.63) is 41.7 Å². The summed E-state index contributed by atoms with van der Waals surface area (Å²) in [5.74, 6) is -0.390. The van der Waals surface area contributed by atoms with Crippen LogP contribution in [0.3, 0.4) is 0 Å². The topological polar surface area (TPSA) is 41.5 Å². The van der Waals surface area contributed by atoms with Gasteiger partial charge in [0.1, 0.15) is 5.82 Å². The van der Waals surface area contributed by atoms with Gasteiger partial charge in [0.25, 0.3) is 0 Å². The molecule has 0 atom stereocenters. The average molecular weight is 320 g/mol. The third-order valence-electron chi connectivity index (χ3n) is 3.35. The molecule has 0 saturated heterocycles. The molecular weight excluding hydrogens is 299 g/mol.